The largest absolute Gasteiger partial charge is 0.353 e. The number of hydrogen-bond donors (Lipinski definition) is 2. The number of benzene rings is 2. The molecule has 1 aliphatic heterocycles. The second kappa shape index (κ2) is 10.0. The van der Waals surface area contributed by atoms with E-state index in [-0.39, 0.29) is 11.8 Å². The Morgan fingerprint density at radius 2 is 1.81 bits per heavy atom. The van der Waals surface area contributed by atoms with E-state index in [0.29, 0.717) is 19.6 Å². The molecule has 2 heterocycles. The van der Waals surface area contributed by atoms with Crippen LogP contribution in [-0.2, 0) is 9.59 Å². The Kier molecular flexibility index (Phi) is 6.74. The van der Waals surface area contributed by atoms with E-state index in [2.05, 4.69) is 20.4 Å². The molecule has 1 aromatic heterocycles. The maximum atomic E-state index is 13.0. The minimum absolute atomic E-state index is 0.000829. The summed E-state index contributed by atoms with van der Waals surface area (Å²) in [6.07, 6.45) is 5.56. The summed E-state index contributed by atoms with van der Waals surface area (Å²) in [5.41, 5.74) is 2.43. The lowest BCUT2D eigenvalue weighted by molar-refractivity contribution is -0.122. The fraction of sp³-hybridized carbons (Fsp3) is 0.292. The fourth-order valence-corrected chi connectivity index (χ4v) is 3.83. The van der Waals surface area contributed by atoms with E-state index < -0.39 is 0 Å². The second-order valence-corrected chi connectivity index (χ2v) is 7.65. The van der Waals surface area contributed by atoms with Gasteiger partial charge in [0.1, 0.15) is 0 Å². The van der Waals surface area contributed by atoms with Crippen molar-refractivity contribution < 1.29 is 9.59 Å². The lowest BCUT2D eigenvalue weighted by Gasteiger charge is -2.22. The number of nitrogens with zero attached hydrogens (tertiary/aromatic N) is 3. The molecule has 0 saturated carbocycles. The molecule has 2 amide bonds. The summed E-state index contributed by atoms with van der Waals surface area (Å²) in [5.74, 6) is -0.159. The highest BCUT2D eigenvalue weighted by atomic mass is 16.2. The maximum Gasteiger partial charge on any atom is 0.251 e. The molecule has 0 unspecified atom stereocenters. The minimum Gasteiger partial charge on any atom is -0.353 e. The van der Waals surface area contributed by atoms with Crippen LogP contribution in [0, 0.1) is 0 Å². The fourth-order valence-electron chi connectivity index (χ4n) is 3.83. The predicted octanol–water partition coefficient (Wildman–Crippen LogP) is 2.82. The topological polar surface area (TPSA) is 81.3 Å². The molecular weight excluding hydrogens is 390 g/mol. The number of nitrogens with one attached hydrogen (secondary N) is 2. The van der Waals surface area contributed by atoms with E-state index in [0.717, 1.165) is 48.2 Å². The van der Waals surface area contributed by atoms with Gasteiger partial charge >= 0.3 is 0 Å². The molecule has 7 heteroatoms. The van der Waals surface area contributed by atoms with Crippen molar-refractivity contribution in [1.29, 1.82) is 0 Å². The highest BCUT2D eigenvalue weighted by molar-refractivity contribution is 6.04. The van der Waals surface area contributed by atoms with Crippen LogP contribution in [0.1, 0.15) is 18.5 Å². The van der Waals surface area contributed by atoms with Gasteiger partial charge in [-0.05, 0) is 50.2 Å². The van der Waals surface area contributed by atoms with E-state index in [9.17, 15) is 9.59 Å². The lowest BCUT2D eigenvalue weighted by atomic mass is 10.2. The van der Waals surface area contributed by atoms with E-state index in [1.54, 1.807) is 11.0 Å². The van der Waals surface area contributed by atoms with Crippen LogP contribution in [0.4, 0.5) is 5.69 Å². The molecule has 0 radical (unpaired) electrons. The molecule has 1 saturated heterocycles. The number of hydrogen-bond acceptors (Lipinski definition) is 4. The summed E-state index contributed by atoms with van der Waals surface area (Å²) in [5, 5.41) is 11.2. The molecule has 1 fully saturated rings. The number of fused-ring (bicyclic) bond motifs is 1. The van der Waals surface area contributed by atoms with E-state index in [1.165, 1.54) is 6.08 Å². The third kappa shape index (κ3) is 5.38. The zero-order valence-electron chi connectivity index (χ0n) is 17.5. The van der Waals surface area contributed by atoms with E-state index in [4.69, 9.17) is 0 Å². The van der Waals surface area contributed by atoms with Gasteiger partial charge in [0.05, 0.1) is 17.8 Å². The number of aromatic amines is 1. The number of amides is 2. The van der Waals surface area contributed by atoms with Crippen LogP contribution < -0.4 is 10.2 Å². The number of para-hydroxylation sites is 2. The summed E-state index contributed by atoms with van der Waals surface area (Å²) in [6.45, 7) is 3.17. The van der Waals surface area contributed by atoms with Gasteiger partial charge < -0.3 is 10.2 Å². The molecule has 0 spiro atoms. The van der Waals surface area contributed by atoms with Gasteiger partial charge in [-0.3, -0.25) is 19.6 Å². The van der Waals surface area contributed by atoms with Gasteiger partial charge in [-0.2, -0.15) is 5.10 Å². The Morgan fingerprint density at radius 3 is 2.61 bits per heavy atom. The quantitative estimate of drug-likeness (QED) is 0.552. The van der Waals surface area contributed by atoms with Gasteiger partial charge in [0.25, 0.3) is 5.91 Å². The standard InChI is InChI=1S/C24H27N5O2/c30-23(18-28-15-6-7-16-28)25-14-17-29(19-8-2-1-3-9-19)24(31)13-12-22-20-10-4-5-11-21(20)26-27-22/h1-5,8-13H,6-7,14-18H2,(H,25,30)(H,26,27)/b13-12+. The first-order valence-corrected chi connectivity index (χ1v) is 10.7. The highest BCUT2D eigenvalue weighted by Gasteiger charge is 2.16. The van der Waals surface area contributed by atoms with Crippen LogP contribution >= 0.6 is 0 Å². The Morgan fingerprint density at radius 1 is 1.06 bits per heavy atom. The van der Waals surface area contributed by atoms with Gasteiger partial charge in [-0.1, -0.05) is 36.4 Å². The summed E-state index contributed by atoms with van der Waals surface area (Å²) >= 11 is 0. The first-order chi connectivity index (χ1) is 15.2. The van der Waals surface area contributed by atoms with Crippen LogP contribution in [0.25, 0.3) is 17.0 Å². The van der Waals surface area contributed by atoms with Gasteiger partial charge in [-0.25, -0.2) is 0 Å². The first-order valence-electron chi connectivity index (χ1n) is 10.7. The predicted molar refractivity (Wildman–Crippen MR) is 123 cm³/mol. The van der Waals surface area contributed by atoms with Crippen LogP contribution in [0.2, 0.25) is 0 Å². The van der Waals surface area contributed by atoms with Gasteiger partial charge in [0.2, 0.25) is 5.91 Å². The minimum atomic E-state index is -0.160. The first kappa shape index (κ1) is 20.8. The monoisotopic (exact) mass is 417 g/mol. The Bertz CT molecular complexity index is 1050. The zero-order valence-corrected chi connectivity index (χ0v) is 17.5. The number of rotatable bonds is 8. The number of likely N-dealkylation sites (tertiary alicyclic amines) is 1. The smallest absolute Gasteiger partial charge is 0.251 e. The van der Waals surface area contributed by atoms with Crippen LogP contribution in [-0.4, -0.2) is 59.6 Å². The lowest BCUT2D eigenvalue weighted by Crippen LogP contribution is -2.41. The van der Waals surface area contributed by atoms with Crippen molar-refractivity contribution in [3.63, 3.8) is 0 Å². The van der Waals surface area contributed by atoms with Crippen molar-refractivity contribution in [3.8, 4) is 0 Å². The Labute approximate surface area is 181 Å². The molecule has 2 aromatic carbocycles. The number of anilines is 1. The number of H-pyrrole nitrogens is 1. The summed E-state index contributed by atoms with van der Waals surface area (Å²) < 4.78 is 0. The molecule has 0 aliphatic carbocycles. The summed E-state index contributed by atoms with van der Waals surface area (Å²) in [7, 11) is 0. The molecule has 1 aliphatic rings. The van der Waals surface area contributed by atoms with Crippen molar-refractivity contribution in [2.45, 2.75) is 12.8 Å². The maximum absolute atomic E-state index is 13.0. The normalized spacial score (nSPS) is 14.3. The van der Waals surface area contributed by atoms with Crippen LogP contribution in [0.3, 0.4) is 0 Å². The summed E-state index contributed by atoms with van der Waals surface area (Å²) in [4.78, 5) is 29.0. The molecule has 31 heavy (non-hydrogen) atoms. The number of aromatic nitrogens is 2. The summed E-state index contributed by atoms with van der Waals surface area (Å²) in [6, 6.07) is 17.3. The molecule has 0 atom stereocenters. The SMILES string of the molecule is O=C(CN1CCCC1)NCCN(C(=O)/C=C/c1n[nH]c2ccccc12)c1ccccc1. The number of carbonyl (C=O) groups is 2. The van der Waals surface area contributed by atoms with Gasteiger partial charge in [-0.15, -0.1) is 0 Å². The highest BCUT2D eigenvalue weighted by Crippen LogP contribution is 2.18. The van der Waals surface area contributed by atoms with E-state index in [1.807, 2.05) is 54.6 Å². The van der Waals surface area contributed by atoms with Crippen LogP contribution in [0.15, 0.2) is 60.7 Å². The van der Waals surface area contributed by atoms with Crippen molar-refractivity contribution in [2.24, 2.45) is 0 Å². The molecule has 4 rings (SSSR count). The van der Waals surface area contributed by atoms with E-state index >= 15 is 0 Å². The van der Waals surface area contributed by atoms with Gasteiger partial charge in [0, 0.05) is 30.2 Å². The number of carbonyl (C=O) groups excluding carboxylic acids is 2. The van der Waals surface area contributed by atoms with Gasteiger partial charge in [0.15, 0.2) is 0 Å². The van der Waals surface area contributed by atoms with Crippen molar-refractivity contribution in [2.75, 3.05) is 37.6 Å². The average Bonchev–Trinajstić information content (AvgIpc) is 3.45. The average molecular weight is 418 g/mol. The second-order valence-electron chi connectivity index (χ2n) is 7.65. The molecule has 7 nitrogen and oxygen atoms in total. The third-order valence-corrected chi connectivity index (χ3v) is 5.44. The molecule has 2 N–H and O–H groups in total. The van der Waals surface area contributed by atoms with Crippen molar-refractivity contribution in [3.05, 3.63) is 66.4 Å². The zero-order chi connectivity index (χ0) is 21.5. The molecule has 3 aromatic rings. The Balaban J connectivity index is 1.41. The molecule has 160 valence electrons. The third-order valence-electron chi connectivity index (χ3n) is 5.44. The van der Waals surface area contributed by atoms with Crippen molar-refractivity contribution >= 4 is 34.5 Å². The molecular formula is C24H27N5O2. The Hall–Kier alpha value is -3.45. The van der Waals surface area contributed by atoms with Crippen LogP contribution in [0.5, 0.6) is 0 Å². The van der Waals surface area contributed by atoms with Crippen molar-refractivity contribution in [1.82, 2.24) is 20.4 Å². The molecule has 0 bridgehead atoms.